The number of ether oxygens (including phenoxy) is 5. The Morgan fingerprint density at radius 3 is 2.47 bits per heavy atom. The number of rotatable bonds is 14. The molecule has 2 rings (SSSR count). The van der Waals surface area contributed by atoms with E-state index < -0.39 is 37.1 Å². The summed E-state index contributed by atoms with van der Waals surface area (Å²) in [6.45, 7) is 4.58. The first-order chi connectivity index (χ1) is 15.5. The monoisotopic (exact) mass is 459 g/mol. The molecule has 0 saturated carbocycles. The van der Waals surface area contributed by atoms with Gasteiger partial charge in [-0.25, -0.2) is 0 Å². The predicted molar refractivity (Wildman–Crippen MR) is 112 cm³/mol. The molecule has 11 nitrogen and oxygen atoms in total. The zero-order chi connectivity index (χ0) is 23.3. The highest BCUT2D eigenvalue weighted by Gasteiger charge is 2.37. The van der Waals surface area contributed by atoms with Crippen LogP contribution in [0.4, 0.5) is 0 Å². The van der Waals surface area contributed by atoms with E-state index in [1.54, 1.807) is 0 Å². The number of carbonyl (C=O) groups is 1. The van der Waals surface area contributed by atoms with Crippen molar-refractivity contribution in [1.82, 2.24) is 5.32 Å². The third-order valence-electron chi connectivity index (χ3n) is 4.68. The molecule has 1 aliphatic heterocycles. The Labute approximate surface area is 186 Å². The highest BCUT2D eigenvalue weighted by Crippen LogP contribution is 2.30. The van der Waals surface area contributed by atoms with Crippen LogP contribution in [0.15, 0.2) is 18.2 Å². The summed E-state index contributed by atoms with van der Waals surface area (Å²) >= 11 is 0. The fourth-order valence-corrected chi connectivity index (χ4v) is 2.97. The van der Waals surface area contributed by atoms with Gasteiger partial charge in [0, 0.05) is 25.1 Å². The number of carbonyl (C=O) groups excluding carboxylic acids is 1. The summed E-state index contributed by atoms with van der Waals surface area (Å²) < 4.78 is 26.7. The van der Waals surface area contributed by atoms with Crippen molar-refractivity contribution in [3.8, 4) is 11.5 Å². The van der Waals surface area contributed by atoms with E-state index in [4.69, 9.17) is 23.7 Å². The lowest BCUT2D eigenvalue weighted by Gasteiger charge is -2.36. The van der Waals surface area contributed by atoms with E-state index in [-0.39, 0.29) is 30.0 Å². The molecule has 0 aliphatic carbocycles. The molecule has 1 amide bonds. The van der Waals surface area contributed by atoms with Gasteiger partial charge in [0.05, 0.1) is 45.7 Å². The van der Waals surface area contributed by atoms with Crippen LogP contribution in [0.5, 0.6) is 11.5 Å². The molecule has 32 heavy (non-hydrogen) atoms. The molecule has 182 valence electrons. The Morgan fingerprint density at radius 2 is 1.81 bits per heavy atom. The Bertz CT molecular complexity index is 689. The zero-order valence-electron chi connectivity index (χ0n) is 18.1. The SMILES string of the molecule is CCOCCOCCOCCNC(=O)c1ccc(O[C@H]2C[C@@H](O)[C@@H](O)[C@@H](CO)O2)c(O)c1. The molecule has 0 radical (unpaired) electrons. The molecule has 4 atom stereocenters. The van der Waals surface area contributed by atoms with Crippen molar-refractivity contribution in [3.05, 3.63) is 23.8 Å². The van der Waals surface area contributed by atoms with Crippen molar-refractivity contribution in [2.45, 2.75) is 37.9 Å². The molecule has 11 heteroatoms. The summed E-state index contributed by atoms with van der Waals surface area (Å²) in [6, 6.07) is 4.11. The van der Waals surface area contributed by atoms with Crippen LogP contribution in [0.2, 0.25) is 0 Å². The molecule has 1 aromatic rings. The van der Waals surface area contributed by atoms with Gasteiger partial charge >= 0.3 is 0 Å². The van der Waals surface area contributed by atoms with Crippen molar-refractivity contribution >= 4 is 5.91 Å². The Hall–Kier alpha value is -1.99. The minimum absolute atomic E-state index is 0.0412. The molecular formula is C21H33NO10. The van der Waals surface area contributed by atoms with Gasteiger partial charge in [0.1, 0.15) is 12.2 Å². The van der Waals surface area contributed by atoms with Crippen LogP contribution in [-0.4, -0.2) is 104 Å². The predicted octanol–water partition coefficient (Wildman–Crippen LogP) is -0.600. The van der Waals surface area contributed by atoms with Gasteiger partial charge in [-0.15, -0.1) is 0 Å². The maximum Gasteiger partial charge on any atom is 0.251 e. The van der Waals surface area contributed by atoms with E-state index in [9.17, 15) is 25.2 Å². The van der Waals surface area contributed by atoms with Crippen LogP contribution < -0.4 is 10.1 Å². The second-order valence-corrected chi connectivity index (χ2v) is 7.06. The lowest BCUT2D eigenvalue weighted by Crippen LogP contribution is -2.51. The van der Waals surface area contributed by atoms with Gasteiger partial charge in [-0.1, -0.05) is 0 Å². The van der Waals surface area contributed by atoms with Gasteiger partial charge in [-0.3, -0.25) is 4.79 Å². The van der Waals surface area contributed by atoms with Gasteiger partial charge in [0.25, 0.3) is 5.91 Å². The normalized spacial score (nSPS) is 23.1. The minimum atomic E-state index is -1.23. The number of amides is 1. The fourth-order valence-electron chi connectivity index (χ4n) is 2.97. The number of aromatic hydroxyl groups is 1. The summed E-state index contributed by atoms with van der Waals surface area (Å²) in [5.74, 6) is -0.640. The highest BCUT2D eigenvalue weighted by atomic mass is 16.7. The van der Waals surface area contributed by atoms with Crippen molar-refractivity contribution in [2.75, 3.05) is 52.8 Å². The average Bonchev–Trinajstić information content (AvgIpc) is 2.78. The summed E-state index contributed by atoms with van der Waals surface area (Å²) in [5.41, 5.74) is 0.224. The number of benzene rings is 1. The van der Waals surface area contributed by atoms with Crippen LogP contribution in [0.1, 0.15) is 23.7 Å². The largest absolute Gasteiger partial charge is 0.504 e. The highest BCUT2D eigenvalue weighted by molar-refractivity contribution is 5.94. The summed E-state index contributed by atoms with van der Waals surface area (Å²) in [4.78, 5) is 12.2. The van der Waals surface area contributed by atoms with Crippen LogP contribution in [0, 0.1) is 0 Å². The lowest BCUT2D eigenvalue weighted by molar-refractivity contribution is -0.230. The first-order valence-corrected chi connectivity index (χ1v) is 10.6. The number of hydrogen-bond donors (Lipinski definition) is 5. The third kappa shape index (κ3) is 8.51. The van der Waals surface area contributed by atoms with E-state index >= 15 is 0 Å². The minimum Gasteiger partial charge on any atom is -0.504 e. The first kappa shape index (κ1) is 26.3. The van der Waals surface area contributed by atoms with Crippen LogP contribution in [0.3, 0.4) is 0 Å². The third-order valence-corrected chi connectivity index (χ3v) is 4.68. The molecule has 0 bridgehead atoms. The smallest absolute Gasteiger partial charge is 0.251 e. The second kappa shape index (κ2) is 14.2. The standard InChI is InChI=1S/C21H33NO10/c1-2-28-7-8-30-10-9-29-6-5-22-21(27)14-3-4-17(15(24)11-14)31-19-12-16(25)20(26)18(13-23)32-19/h3-4,11,16,18-20,23-26H,2,5-10,12-13H2,1H3,(H,22,27)/t16-,18-,19-,20-/m1/s1. The number of aliphatic hydroxyl groups excluding tert-OH is 3. The zero-order valence-corrected chi connectivity index (χ0v) is 18.1. The maximum absolute atomic E-state index is 12.2. The Balaban J connectivity index is 1.70. The molecule has 0 spiro atoms. The number of phenolic OH excluding ortho intramolecular Hbond substituents is 1. The average molecular weight is 459 g/mol. The van der Waals surface area contributed by atoms with Gasteiger partial charge < -0.3 is 49.4 Å². The lowest BCUT2D eigenvalue weighted by atomic mass is 10.0. The molecule has 5 N–H and O–H groups in total. The molecule has 1 aromatic carbocycles. The number of aliphatic hydroxyl groups is 3. The van der Waals surface area contributed by atoms with Gasteiger partial charge in [-0.2, -0.15) is 0 Å². The van der Waals surface area contributed by atoms with E-state index in [0.717, 1.165) is 0 Å². The van der Waals surface area contributed by atoms with Crippen molar-refractivity contribution in [3.63, 3.8) is 0 Å². The Kier molecular flexibility index (Phi) is 11.7. The summed E-state index contributed by atoms with van der Waals surface area (Å²) in [5, 5.41) is 41.7. The van der Waals surface area contributed by atoms with Crippen LogP contribution in [-0.2, 0) is 18.9 Å². The van der Waals surface area contributed by atoms with Crippen molar-refractivity contribution < 1.29 is 48.9 Å². The van der Waals surface area contributed by atoms with E-state index in [2.05, 4.69) is 5.32 Å². The quantitative estimate of drug-likeness (QED) is 0.228. The van der Waals surface area contributed by atoms with Crippen molar-refractivity contribution in [1.29, 1.82) is 0 Å². The number of nitrogens with one attached hydrogen (secondary N) is 1. The number of phenols is 1. The molecule has 1 fully saturated rings. The molecule has 1 aliphatic rings. The summed E-state index contributed by atoms with van der Waals surface area (Å²) in [6.07, 6.45) is -4.38. The van der Waals surface area contributed by atoms with Gasteiger partial charge in [0.15, 0.2) is 11.5 Å². The van der Waals surface area contributed by atoms with E-state index in [0.29, 0.717) is 39.6 Å². The number of hydrogen-bond acceptors (Lipinski definition) is 10. The van der Waals surface area contributed by atoms with Gasteiger partial charge in [0.2, 0.25) is 6.29 Å². The molecule has 1 saturated heterocycles. The maximum atomic E-state index is 12.2. The first-order valence-electron chi connectivity index (χ1n) is 10.6. The van der Waals surface area contributed by atoms with Gasteiger partial charge in [-0.05, 0) is 25.1 Å². The molecule has 1 heterocycles. The molecule has 0 aromatic heterocycles. The van der Waals surface area contributed by atoms with E-state index in [1.807, 2.05) is 6.92 Å². The van der Waals surface area contributed by atoms with Crippen LogP contribution in [0.25, 0.3) is 0 Å². The van der Waals surface area contributed by atoms with Crippen LogP contribution >= 0.6 is 0 Å². The second-order valence-electron chi connectivity index (χ2n) is 7.06. The summed E-state index contributed by atoms with van der Waals surface area (Å²) in [7, 11) is 0. The topological polar surface area (TPSA) is 156 Å². The van der Waals surface area contributed by atoms with E-state index in [1.165, 1.54) is 18.2 Å². The molecule has 0 unspecified atom stereocenters. The van der Waals surface area contributed by atoms with Crippen molar-refractivity contribution in [2.24, 2.45) is 0 Å². The molecular weight excluding hydrogens is 426 g/mol. The fraction of sp³-hybridized carbons (Fsp3) is 0.667. The Morgan fingerprint density at radius 1 is 1.12 bits per heavy atom.